The highest BCUT2D eigenvalue weighted by Crippen LogP contribution is 2.32. The van der Waals surface area contributed by atoms with Crippen LogP contribution in [0.4, 0.5) is 0 Å². The smallest absolute Gasteiger partial charge is 0.107 e. The zero-order chi connectivity index (χ0) is 11.5. The molecule has 1 nitrogen and oxygen atoms in total. The third kappa shape index (κ3) is 3.08. The number of rotatable bonds is 4. The normalized spacial score (nSPS) is 12.9. The molecule has 0 fully saturated rings. The van der Waals surface area contributed by atoms with E-state index in [2.05, 4.69) is 51.7 Å². The Labute approximate surface area is 117 Å². The van der Waals surface area contributed by atoms with E-state index in [-0.39, 0.29) is 0 Å². The van der Waals surface area contributed by atoms with Crippen LogP contribution in [0.2, 0.25) is 4.34 Å². The first-order valence-electron chi connectivity index (χ1n) is 4.87. The second kappa shape index (κ2) is 5.65. The summed E-state index contributed by atoms with van der Waals surface area (Å²) in [5.74, 6) is 0. The lowest BCUT2D eigenvalue weighted by atomic mass is 10.3. The van der Waals surface area contributed by atoms with Crippen molar-refractivity contribution >= 4 is 50.2 Å². The van der Waals surface area contributed by atoms with Crippen molar-refractivity contribution in [1.29, 1.82) is 0 Å². The Balaban J connectivity index is 1.92. The van der Waals surface area contributed by atoms with E-state index in [4.69, 9.17) is 11.6 Å². The van der Waals surface area contributed by atoms with Gasteiger partial charge >= 0.3 is 0 Å². The molecule has 86 valence electrons. The maximum absolute atomic E-state index is 5.99. The zero-order valence-corrected chi connectivity index (χ0v) is 12.6. The molecular weight excluding hydrogens is 326 g/mol. The van der Waals surface area contributed by atoms with Crippen LogP contribution >= 0.6 is 50.2 Å². The summed E-state index contributed by atoms with van der Waals surface area (Å²) in [6, 6.07) is 6.69. The van der Waals surface area contributed by atoms with Crippen LogP contribution in [0.3, 0.4) is 0 Å². The van der Waals surface area contributed by atoms with Crippen LogP contribution in [0.15, 0.2) is 28.1 Å². The highest BCUT2D eigenvalue weighted by atomic mass is 79.9. The van der Waals surface area contributed by atoms with E-state index in [0.717, 1.165) is 15.4 Å². The van der Waals surface area contributed by atoms with Gasteiger partial charge in [0, 0.05) is 26.8 Å². The van der Waals surface area contributed by atoms with Crippen molar-refractivity contribution in [2.45, 2.75) is 19.5 Å². The first-order chi connectivity index (χ1) is 7.66. The Morgan fingerprint density at radius 2 is 2.38 bits per heavy atom. The Hall–Kier alpha value is 0.130. The zero-order valence-electron chi connectivity index (χ0n) is 8.67. The van der Waals surface area contributed by atoms with E-state index in [0.29, 0.717) is 6.04 Å². The van der Waals surface area contributed by atoms with Gasteiger partial charge in [0.15, 0.2) is 0 Å². The van der Waals surface area contributed by atoms with Gasteiger partial charge in [0.2, 0.25) is 0 Å². The van der Waals surface area contributed by atoms with Crippen molar-refractivity contribution in [2.75, 3.05) is 0 Å². The molecule has 0 saturated heterocycles. The molecule has 0 radical (unpaired) electrons. The lowest BCUT2D eigenvalue weighted by molar-refractivity contribution is 0.587. The molecule has 0 aliphatic rings. The summed E-state index contributed by atoms with van der Waals surface area (Å²) in [5, 5.41) is 5.59. The Morgan fingerprint density at radius 1 is 1.56 bits per heavy atom. The molecule has 0 amide bonds. The number of nitrogens with one attached hydrogen (secondary N) is 1. The molecular formula is C11H11BrClNS2. The predicted molar refractivity (Wildman–Crippen MR) is 76.6 cm³/mol. The van der Waals surface area contributed by atoms with Crippen molar-refractivity contribution in [3.8, 4) is 0 Å². The maximum atomic E-state index is 5.99. The first-order valence-corrected chi connectivity index (χ1v) is 7.74. The second-order valence-electron chi connectivity index (χ2n) is 3.45. The predicted octanol–water partition coefficient (Wildman–Crippen LogP) is 5.08. The van der Waals surface area contributed by atoms with E-state index >= 15 is 0 Å². The minimum absolute atomic E-state index is 0.389. The molecule has 0 aliphatic carbocycles. The van der Waals surface area contributed by atoms with Crippen LogP contribution in [-0.2, 0) is 6.54 Å². The molecule has 0 aromatic carbocycles. The van der Waals surface area contributed by atoms with Crippen molar-refractivity contribution < 1.29 is 0 Å². The SMILES string of the molecule is C[C@@H](NCc1cc(Br)c(Cl)s1)c1cccs1. The molecule has 0 aliphatic heterocycles. The maximum Gasteiger partial charge on any atom is 0.107 e. The minimum Gasteiger partial charge on any atom is -0.305 e. The summed E-state index contributed by atoms with van der Waals surface area (Å²) in [7, 11) is 0. The summed E-state index contributed by atoms with van der Waals surface area (Å²) in [6.45, 7) is 3.03. The minimum atomic E-state index is 0.389. The van der Waals surface area contributed by atoms with Gasteiger partial charge in [0.25, 0.3) is 0 Å². The molecule has 16 heavy (non-hydrogen) atoms. The van der Waals surface area contributed by atoms with Gasteiger partial charge in [-0.25, -0.2) is 0 Å². The summed E-state index contributed by atoms with van der Waals surface area (Å²) < 4.78 is 1.81. The summed E-state index contributed by atoms with van der Waals surface area (Å²) in [5.41, 5.74) is 0. The molecule has 1 atom stereocenters. The van der Waals surface area contributed by atoms with Crippen LogP contribution in [0, 0.1) is 0 Å². The number of hydrogen-bond acceptors (Lipinski definition) is 3. The van der Waals surface area contributed by atoms with Crippen molar-refractivity contribution in [3.63, 3.8) is 0 Å². The van der Waals surface area contributed by atoms with Gasteiger partial charge in [-0.1, -0.05) is 17.7 Å². The molecule has 2 aromatic rings. The first kappa shape index (κ1) is 12.6. The number of hydrogen-bond donors (Lipinski definition) is 1. The molecule has 0 unspecified atom stereocenters. The third-order valence-electron chi connectivity index (χ3n) is 2.25. The Bertz CT molecular complexity index is 433. The van der Waals surface area contributed by atoms with Gasteiger partial charge in [-0.2, -0.15) is 0 Å². The topological polar surface area (TPSA) is 12.0 Å². The van der Waals surface area contributed by atoms with E-state index < -0.39 is 0 Å². The molecule has 0 saturated carbocycles. The van der Waals surface area contributed by atoms with Crippen molar-refractivity contribution in [1.82, 2.24) is 5.32 Å². The summed E-state index contributed by atoms with van der Waals surface area (Å²) in [4.78, 5) is 2.61. The van der Waals surface area contributed by atoms with E-state index in [1.54, 1.807) is 22.7 Å². The van der Waals surface area contributed by atoms with Gasteiger partial charge in [-0.15, -0.1) is 22.7 Å². The Morgan fingerprint density at radius 3 is 2.94 bits per heavy atom. The molecule has 0 bridgehead atoms. The van der Waals surface area contributed by atoms with Crippen molar-refractivity contribution in [3.05, 3.63) is 42.1 Å². The van der Waals surface area contributed by atoms with Crippen LogP contribution in [-0.4, -0.2) is 0 Å². The Kier molecular flexibility index (Phi) is 4.44. The molecule has 5 heteroatoms. The average Bonchev–Trinajstić information content (AvgIpc) is 2.86. The highest BCUT2D eigenvalue weighted by molar-refractivity contribution is 9.10. The summed E-state index contributed by atoms with van der Waals surface area (Å²) >= 11 is 12.8. The van der Waals surface area contributed by atoms with E-state index in [9.17, 15) is 0 Å². The van der Waals surface area contributed by atoms with E-state index in [1.165, 1.54) is 9.75 Å². The van der Waals surface area contributed by atoms with E-state index in [1.807, 2.05) is 0 Å². The molecule has 2 aromatic heterocycles. The van der Waals surface area contributed by atoms with Gasteiger partial charge in [-0.3, -0.25) is 0 Å². The largest absolute Gasteiger partial charge is 0.305 e. The summed E-state index contributed by atoms with van der Waals surface area (Å²) in [6.07, 6.45) is 0. The monoisotopic (exact) mass is 335 g/mol. The number of thiophene rings is 2. The van der Waals surface area contributed by atoms with Crippen LogP contribution in [0.1, 0.15) is 22.7 Å². The fourth-order valence-electron chi connectivity index (χ4n) is 1.37. The van der Waals surface area contributed by atoms with Crippen molar-refractivity contribution in [2.24, 2.45) is 0 Å². The van der Waals surface area contributed by atoms with Gasteiger partial charge in [-0.05, 0) is 40.4 Å². The van der Waals surface area contributed by atoms with Gasteiger partial charge in [0.1, 0.15) is 4.34 Å². The van der Waals surface area contributed by atoms with Crippen LogP contribution in [0.5, 0.6) is 0 Å². The van der Waals surface area contributed by atoms with Crippen LogP contribution in [0.25, 0.3) is 0 Å². The molecule has 2 rings (SSSR count). The third-order valence-corrected chi connectivity index (χ3v) is 5.78. The highest BCUT2D eigenvalue weighted by Gasteiger charge is 2.08. The average molecular weight is 337 g/mol. The fourth-order valence-corrected chi connectivity index (χ4v) is 3.87. The molecule has 2 heterocycles. The molecule has 0 spiro atoms. The quantitative estimate of drug-likeness (QED) is 0.821. The lowest BCUT2D eigenvalue weighted by Crippen LogP contribution is -2.16. The molecule has 1 N–H and O–H groups in total. The van der Waals surface area contributed by atoms with Crippen LogP contribution < -0.4 is 5.32 Å². The standard InChI is InChI=1S/C11H11BrClNS2/c1-7(10-3-2-4-15-10)14-6-8-5-9(12)11(13)16-8/h2-5,7,14H,6H2,1H3/t7-/m1/s1. The second-order valence-corrected chi connectivity index (χ2v) is 7.02. The lowest BCUT2D eigenvalue weighted by Gasteiger charge is -2.10. The fraction of sp³-hybridized carbons (Fsp3) is 0.273. The van der Waals surface area contributed by atoms with Gasteiger partial charge in [0.05, 0.1) is 0 Å². The number of halogens is 2. The van der Waals surface area contributed by atoms with Gasteiger partial charge < -0.3 is 5.32 Å².